The van der Waals surface area contributed by atoms with Crippen molar-refractivity contribution in [2.75, 3.05) is 20.1 Å². The average molecular weight is 227 g/mol. The fraction of sp³-hybridized carbons (Fsp3) is 0.727. The van der Waals surface area contributed by atoms with Crippen molar-refractivity contribution in [2.24, 2.45) is 11.7 Å². The molecular weight excluding hydrogens is 206 g/mol. The molecule has 1 unspecified atom stereocenters. The number of thiazole rings is 1. The van der Waals surface area contributed by atoms with Gasteiger partial charge in [-0.1, -0.05) is 6.92 Å². The second-order valence-corrected chi connectivity index (χ2v) is 5.29. The summed E-state index contributed by atoms with van der Waals surface area (Å²) in [6.07, 6.45) is 1.16. The molecule has 1 heterocycles. The number of hydrogen-bond donors (Lipinski definition) is 1. The first-order valence-corrected chi connectivity index (χ1v) is 6.29. The van der Waals surface area contributed by atoms with E-state index in [-0.39, 0.29) is 0 Å². The lowest BCUT2D eigenvalue weighted by atomic mass is 10.1. The zero-order valence-electron chi connectivity index (χ0n) is 9.86. The summed E-state index contributed by atoms with van der Waals surface area (Å²) in [5, 5.41) is 3.28. The number of aromatic nitrogens is 1. The van der Waals surface area contributed by atoms with Crippen LogP contribution in [0.1, 0.15) is 24.0 Å². The van der Waals surface area contributed by atoms with Gasteiger partial charge in [0.05, 0.1) is 10.7 Å². The van der Waals surface area contributed by atoms with Gasteiger partial charge in [0.15, 0.2) is 0 Å². The molecule has 0 radical (unpaired) electrons. The van der Waals surface area contributed by atoms with Gasteiger partial charge < -0.3 is 10.6 Å². The predicted octanol–water partition coefficient (Wildman–Crippen LogP) is 1.87. The van der Waals surface area contributed by atoms with Crippen LogP contribution >= 0.6 is 11.3 Å². The molecule has 0 aliphatic heterocycles. The second kappa shape index (κ2) is 6.20. The predicted molar refractivity (Wildman–Crippen MR) is 66.0 cm³/mol. The third-order valence-corrected chi connectivity index (χ3v) is 3.33. The van der Waals surface area contributed by atoms with Gasteiger partial charge in [0.2, 0.25) is 0 Å². The van der Waals surface area contributed by atoms with Crippen molar-refractivity contribution < 1.29 is 0 Å². The largest absolute Gasteiger partial charge is 0.330 e. The van der Waals surface area contributed by atoms with E-state index in [0.717, 1.165) is 31.1 Å². The highest BCUT2D eigenvalue weighted by Gasteiger charge is 2.05. The van der Waals surface area contributed by atoms with Crippen molar-refractivity contribution in [2.45, 2.75) is 26.8 Å². The van der Waals surface area contributed by atoms with Crippen molar-refractivity contribution in [1.29, 1.82) is 0 Å². The highest BCUT2D eigenvalue weighted by Crippen LogP contribution is 2.10. The first-order valence-electron chi connectivity index (χ1n) is 5.41. The highest BCUT2D eigenvalue weighted by molar-refractivity contribution is 7.09. The van der Waals surface area contributed by atoms with Crippen LogP contribution in [0.25, 0.3) is 0 Å². The summed E-state index contributed by atoms with van der Waals surface area (Å²) < 4.78 is 0. The number of hydrogen-bond acceptors (Lipinski definition) is 4. The molecule has 0 aliphatic carbocycles. The van der Waals surface area contributed by atoms with E-state index in [2.05, 4.69) is 29.2 Å². The van der Waals surface area contributed by atoms with Crippen LogP contribution in [0.5, 0.6) is 0 Å². The minimum Gasteiger partial charge on any atom is -0.330 e. The molecule has 0 spiro atoms. The molecule has 0 bridgehead atoms. The van der Waals surface area contributed by atoms with Crippen LogP contribution in [-0.2, 0) is 6.54 Å². The summed E-state index contributed by atoms with van der Waals surface area (Å²) in [7, 11) is 2.14. The third-order valence-electron chi connectivity index (χ3n) is 2.50. The smallest absolute Gasteiger partial charge is 0.0897 e. The Labute approximate surface area is 96.3 Å². The zero-order valence-corrected chi connectivity index (χ0v) is 10.7. The molecule has 1 atom stereocenters. The lowest BCUT2D eigenvalue weighted by molar-refractivity contribution is 0.297. The van der Waals surface area contributed by atoms with Crippen molar-refractivity contribution >= 4 is 11.3 Å². The normalized spacial score (nSPS) is 13.4. The van der Waals surface area contributed by atoms with E-state index < -0.39 is 0 Å². The van der Waals surface area contributed by atoms with Gasteiger partial charge in [0, 0.05) is 11.9 Å². The Hall–Kier alpha value is -0.450. The molecule has 0 amide bonds. The topological polar surface area (TPSA) is 42.2 Å². The Morgan fingerprint density at radius 2 is 2.33 bits per heavy atom. The van der Waals surface area contributed by atoms with Crippen molar-refractivity contribution in [3.8, 4) is 0 Å². The SMILES string of the molecule is Cc1nc(CN(C)CCC(C)CN)cs1. The van der Waals surface area contributed by atoms with Gasteiger partial charge >= 0.3 is 0 Å². The number of nitrogens with two attached hydrogens (primary N) is 1. The third kappa shape index (κ3) is 4.73. The maximum atomic E-state index is 5.58. The Kier molecular flexibility index (Phi) is 5.22. The summed E-state index contributed by atoms with van der Waals surface area (Å²) in [6, 6.07) is 0. The molecule has 0 saturated carbocycles. The van der Waals surface area contributed by atoms with E-state index in [0.29, 0.717) is 5.92 Å². The fourth-order valence-corrected chi connectivity index (χ4v) is 2.00. The lowest BCUT2D eigenvalue weighted by Crippen LogP contribution is -2.23. The van der Waals surface area contributed by atoms with E-state index in [4.69, 9.17) is 5.73 Å². The maximum absolute atomic E-state index is 5.58. The monoisotopic (exact) mass is 227 g/mol. The minimum absolute atomic E-state index is 0.615. The van der Waals surface area contributed by atoms with Crippen molar-refractivity contribution in [3.05, 3.63) is 16.1 Å². The van der Waals surface area contributed by atoms with Crippen LogP contribution in [0, 0.1) is 12.8 Å². The van der Waals surface area contributed by atoms with Crippen LogP contribution < -0.4 is 5.73 Å². The molecule has 1 rings (SSSR count). The van der Waals surface area contributed by atoms with Gasteiger partial charge in [-0.25, -0.2) is 4.98 Å². The number of nitrogens with zero attached hydrogens (tertiary/aromatic N) is 2. The van der Waals surface area contributed by atoms with E-state index >= 15 is 0 Å². The van der Waals surface area contributed by atoms with Gasteiger partial charge in [-0.15, -0.1) is 11.3 Å². The van der Waals surface area contributed by atoms with E-state index in [1.54, 1.807) is 11.3 Å². The Morgan fingerprint density at radius 3 is 2.87 bits per heavy atom. The molecular formula is C11H21N3S. The van der Waals surface area contributed by atoms with Crippen LogP contribution in [-0.4, -0.2) is 30.0 Å². The van der Waals surface area contributed by atoms with Crippen LogP contribution in [0.4, 0.5) is 0 Å². The molecule has 3 nitrogen and oxygen atoms in total. The summed E-state index contributed by atoms with van der Waals surface area (Å²) in [5.74, 6) is 0.615. The molecule has 1 aromatic rings. The molecule has 2 N–H and O–H groups in total. The first-order chi connectivity index (χ1) is 7.11. The summed E-state index contributed by atoms with van der Waals surface area (Å²) >= 11 is 1.72. The van der Waals surface area contributed by atoms with Crippen LogP contribution in [0.15, 0.2) is 5.38 Å². The van der Waals surface area contributed by atoms with E-state index in [1.807, 2.05) is 6.92 Å². The molecule has 0 aromatic carbocycles. The van der Waals surface area contributed by atoms with Gasteiger partial charge in [-0.05, 0) is 39.4 Å². The molecule has 4 heteroatoms. The van der Waals surface area contributed by atoms with E-state index in [1.165, 1.54) is 5.69 Å². The molecule has 0 fully saturated rings. The van der Waals surface area contributed by atoms with Gasteiger partial charge in [0.1, 0.15) is 0 Å². The van der Waals surface area contributed by atoms with Crippen LogP contribution in [0.3, 0.4) is 0 Å². The molecule has 86 valence electrons. The van der Waals surface area contributed by atoms with Crippen LogP contribution in [0.2, 0.25) is 0 Å². The fourth-order valence-electron chi connectivity index (χ4n) is 1.40. The minimum atomic E-state index is 0.615. The standard InChI is InChI=1S/C11H21N3S/c1-9(6-12)4-5-14(3)7-11-8-15-10(2)13-11/h8-9H,4-7,12H2,1-3H3. The van der Waals surface area contributed by atoms with E-state index in [9.17, 15) is 0 Å². The van der Waals surface area contributed by atoms with Crippen molar-refractivity contribution in [1.82, 2.24) is 9.88 Å². The highest BCUT2D eigenvalue weighted by atomic mass is 32.1. The molecule has 15 heavy (non-hydrogen) atoms. The summed E-state index contributed by atoms with van der Waals surface area (Å²) in [5.41, 5.74) is 6.77. The van der Waals surface area contributed by atoms with Crippen molar-refractivity contribution in [3.63, 3.8) is 0 Å². The maximum Gasteiger partial charge on any atom is 0.0897 e. The lowest BCUT2D eigenvalue weighted by Gasteiger charge is -2.17. The summed E-state index contributed by atoms with van der Waals surface area (Å²) in [6.45, 7) is 7.06. The first kappa shape index (κ1) is 12.6. The number of rotatable bonds is 6. The molecule has 0 aliphatic rings. The molecule has 1 aromatic heterocycles. The molecule has 0 saturated heterocycles. The second-order valence-electron chi connectivity index (χ2n) is 4.23. The quantitative estimate of drug-likeness (QED) is 0.806. The van der Waals surface area contributed by atoms with Gasteiger partial charge in [-0.3, -0.25) is 0 Å². The van der Waals surface area contributed by atoms with Gasteiger partial charge in [-0.2, -0.15) is 0 Å². The summed E-state index contributed by atoms with van der Waals surface area (Å²) in [4.78, 5) is 6.76. The Morgan fingerprint density at radius 1 is 1.60 bits per heavy atom. The average Bonchev–Trinajstić information content (AvgIpc) is 2.60. The van der Waals surface area contributed by atoms with Gasteiger partial charge in [0.25, 0.3) is 0 Å². The Balaban J connectivity index is 2.27. The number of aryl methyl sites for hydroxylation is 1. The zero-order chi connectivity index (χ0) is 11.3. The Bertz CT molecular complexity index is 285.